The number of nitrogens with one attached hydrogen (secondary N) is 1. The Kier molecular flexibility index (Phi) is 3.93. The van der Waals surface area contributed by atoms with Gasteiger partial charge in [0.25, 0.3) is 5.56 Å². The minimum atomic E-state index is -0.549. The molecule has 0 spiro atoms. The molecule has 0 unspecified atom stereocenters. The second-order valence-electron chi connectivity index (χ2n) is 7.78. The van der Waals surface area contributed by atoms with E-state index in [-0.39, 0.29) is 11.3 Å². The van der Waals surface area contributed by atoms with Crippen molar-refractivity contribution >= 4 is 17.3 Å². The number of aryl methyl sites for hydroxylation is 1. The van der Waals surface area contributed by atoms with Gasteiger partial charge in [0, 0.05) is 36.7 Å². The number of hydrogen-bond donors (Lipinski definition) is 1. The molecular formula is C24H21N3O3. The second-order valence-corrected chi connectivity index (χ2v) is 7.78. The maximum absolute atomic E-state index is 13.4. The number of rotatable bonds is 2. The quantitative estimate of drug-likeness (QED) is 0.719. The standard InChI is InChI=1S/C24H21N3O3/c1-4-13-9-11-14(12-10-13)17-18-20(15-7-5-6-8-16(15)21(18)28)25-22-19(17)23(29)27(3)24(30)26(22)2/h5-12,17,25H,4H2,1-3H3/t17-/m0/s1. The minimum Gasteiger partial charge on any atom is -0.340 e. The van der Waals surface area contributed by atoms with Crippen molar-refractivity contribution in [2.45, 2.75) is 19.3 Å². The first kappa shape index (κ1) is 18.4. The van der Waals surface area contributed by atoms with Crippen LogP contribution in [0, 0.1) is 0 Å². The highest BCUT2D eigenvalue weighted by atomic mass is 16.2. The molecule has 1 aliphatic carbocycles. The van der Waals surface area contributed by atoms with E-state index in [0.717, 1.165) is 22.1 Å². The number of Topliss-reactive ketones (excluding diaryl/α,β-unsaturated/α-hetero) is 1. The van der Waals surface area contributed by atoms with Gasteiger partial charge in [0.2, 0.25) is 0 Å². The van der Waals surface area contributed by atoms with Gasteiger partial charge in [-0.25, -0.2) is 4.79 Å². The predicted octanol–water partition coefficient (Wildman–Crippen LogP) is 2.81. The van der Waals surface area contributed by atoms with E-state index in [1.807, 2.05) is 42.5 Å². The van der Waals surface area contributed by atoms with Crippen LogP contribution in [0.2, 0.25) is 0 Å². The fourth-order valence-corrected chi connectivity index (χ4v) is 4.54. The van der Waals surface area contributed by atoms with Crippen LogP contribution in [0.4, 0.5) is 5.82 Å². The molecular weight excluding hydrogens is 378 g/mol. The fraction of sp³-hybridized carbons (Fsp3) is 0.208. The van der Waals surface area contributed by atoms with Crippen molar-refractivity contribution < 1.29 is 4.79 Å². The Hall–Kier alpha value is -3.67. The highest BCUT2D eigenvalue weighted by Crippen LogP contribution is 2.47. The summed E-state index contributed by atoms with van der Waals surface area (Å²) < 4.78 is 2.55. The van der Waals surface area contributed by atoms with E-state index >= 15 is 0 Å². The molecule has 30 heavy (non-hydrogen) atoms. The molecule has 0 radical (unpaired) electrons. The Bertz CT molecular complexity index is 1370. The van der Waals surface area contributed by atoms with Crippen LogP contribution in [0.1, 0.15) is 45.5 Å². The van der Waals surface area contributed by atoms with Crippen LogP contribution in [0.15, 0.2) is 63.7 Å². The molecule has 150 valence electrons. The van der Waals surface area contributed by atoms with Crippen molar-refractivity contribution in [3.8, 4) is 0 Å². The summed E-state index contributed by atoms with van der Waals surface area (Å²) in [5.41, 5.74) is 4.30. The summed E-state index contributed by atoms with van der Waals surface area (Å²) >= 11 is 0. The fourth-order valence-electron chi connectivity index (χ4n) is 4.54. The van der Waals surface area contributed by atoms with E-state index < -0.39 is 11.6 Å². The molecule has 3 aromatic rings. The van der Waals surface area contributed by atoms with E-state index in [2.05, 4.69) is 12.2 Å². The summed E-state index contributed by atoms with van der Waals surface area (Å²) in [7, 11) is 3.11. The Morgan fingerprint density at radius 1 is 0.900 bits per heavy atom. The Morgan fingerprint density at radius 3 is 2.23 bits per heavy atom. The number of benzene rings is 2. The number of ketones is 1. The third kappa shape index (κ3) is 2.33. The van der Waals surface area contributed by atoms with Crippen molar-refractivity contribution in [2.24, 2.45) is 14.1 Å². The van der Waals surface area contributed by atoms with Crippen molar-refractivity contribution in [2.75, 3.05) is 5.32 Å². The molecule has 1 N–H and O–H groups in total. The van der Waals surface area contributed by atoms with E-state index in [9.17, 15) is 14.4 Å². The molecule has 6 nitrogen and oxygen atoms in total. The predicted molar refractivity (Wildman–Crippen MR) is 116 cm³/mol. The molecule has 2 aromatic carbocycles. The van der Waals surface area contributed by atoms with Crippen LogP contribution in [-0.2, 0) is 20.5 Å². The summed E-state index contributed by atoms with van der Waals surface area (Å²) in [6.45, 7) is 2.08. The van der Waals surface area contributed by atoms with Crippen LogP contribution in [0.25, 0.3) is 5.70 Å². The number of anilines is 1. The van der Waals surface area contributed by atoms with Crippen molar-refractivity contribution in [3.05, 3.63) is 103 Å². The molecule has 2 heterocycles. The zero-order chi connectivity index (χ0) is 21.2. The van der Waals surface area contributed by atoms with Gasteiger partial charge in [0.15, 0.2) is 5.78 Å². The van der Waals surface area contributed by atoms with Crippen molar-refractivity contribution in [1.82, 2.24) is 9.13 Å². The lowest BCUT2D eigenvalue weighted by Crippen LogP contribution is -2.42. The number of hydrogen-bond acceptors (Lipinski definition) is 4. The minimum absolute atomic E-state index is 0.0841. The second kappa shape index (κ2) is 6.42. The van der Waals surface area contributed by atoms with Gasteiger partial charge in [0.05, 0.1) is 11.3 Å². The molecule has 0 amide bonds. The van der Waals surface area contributed by atoms with Crippen LogP contribution >= 0.6 is 0 Å². The Labute approximate surface area is 173 Å². The van der Waals surface area contributed by atoms with Crippen molar-refractivity contribution in [3.63, 3.8) is 0 Å². The van der Waals surface area contributed by atoms with Crippen LogP contribution in [-0.4, -0.2) is 14.9 Å². The van der Waals surface area contributed by atoms with Gasteiger partial charge in [-0.05, 0) is 17.5 Å². The zero-order valence-electron chi connectivity index (χ0n) is 17.0. The summed E-state index contributed by atoms with van der Waals surface area (Å²) in [4.78, 5) is 39.3. The van der Waals surface area contributed by atoms with Gasteiger partial charge in [-0.3, -0.25) is 18.7 Å². The zero-order valence-corrected chi connectivity index (χ0v) is 17.0. The lowest BCUT2D eigenvalue weighted by atomic mass is 9.81. The smallest absolute Gasteiger partial charge is 0.332 e. The number of carbonyl (C=O) groups is 1. The van der Waals surface area contributed by atoms with E-state index in [1.54, 1.807) is 13.1 Å². The topological polar surface area (TPSA) is 73.1 Å². The van der Waals surface area contributed by atoms with Crippen LogP contribution in [0.3, 0.4) is 0 Å². The van der Waals surface area contributed by atoms with Gasteiger partial charge in [-0.2, -0.15) is 0 Å². The number of carbonyl (C=O) groups excluding carboxylic acids is 1. The van der Waals surface area contributed by atoms with Gasteiger partial charge in [-0.15, -0.1) is 0 Å². The molecule has 0 bridgehead atoms. The van der Waals surface area contributed by atoms with E-state index in [1.165, 1.54) is 17.2 Å². The normalized spacial score (nSPS) is 16.8. The largest absolute Gasteiger partial charge is 0.340 e. The third-order valence-corrected chi connectivity index (χ3v) is 6.20. The monoisotopic (exact) mass is 399 g/mol. The summed E-state index contributed by atoms with van der Waals surface area (Å²) in [5.74, 6) is -0.192. The Balaban J connectivity index is 1.86. The lowest BCUT2D eigenvalue weighted by Gasteiger charge is -2.29. The summed E-state index contributed by atoms with van der Waals surface area (Å²) in [6, 6.07) is 15.4. The Morgan fingerprint density at radius 2 is 1.57 bits per heavy atom. The summed E-state index contributed by atoms with van der Waals surface area (Å²) in [5, 5.41) is 3.25. The third-order valence-electron chi connectivity index (χ3n) is 6.20. The molecule has 1 aromatic heterocycles. The summed E-state index contributed by atoms with van der Waals surface area (Å²) in [6.07, 6.45) is 0.900. The van der Waals surface area contributed by atoms with Gasteiger partial charge in [0.1, 0.15) is 5.82 Å². The van der Waals surface area contributed by atoms with Gasteiger partial charge >= 0.3 is 5.69 Å². The highest BCUT2D eigenvalue weighted by Gasteiger charge is 2.42. The molecule has 0 saturated carbocycles. The molecule has 6 heteroatoms. The van der Waals surface area contributed by atoms with Gasteiger partial charge < -0.3 is 5.32 Å². The van der Waals surface area contributed by atoms with E-state index in [4.69, 9.17) is 0 Å². The highest BCUT2D eigenvalue weighted by molar-refractivity contribution is 6.23. The van der Waals surface area contributed by atoms with Gasteiger partial charge in [-0.1, -0.05) is 55.5 Å². The average Bonchev–Trinajstić information content (AvgIpc) is 3.07. The SMILES string of the molecule is CCc1ccc([C@H]2C3=C(Nc4c2c(=O)n(C)c(=O)n4C)c2ccccc2C3=O)cc1. The molecule has 0 saturated heterocycles. The molecule has 1 aliphatic heterocycles. The molecule has 2 aliphatic rings. The molecule has 5 rings (SSSR count). The maximum Gasteiger partial charge on any atom is 0.332 e. The number of fused-ring (bicyclic) bond motifs is 3. The molecule has 1 atom stereocenters. The lowest BCUT2D eigenvalue weighted by molar-refractivity contribution is 0.103. The van der Waals surface area contributed by atoms with Crippen molar-refractivity contribution in [1.29, 1.82) is 0 Å². The van der Waals surface area contributed by atoms with Crippen LogP contribution in [0.5, 0.6) is 0 Å². The average molecular weight is 399 g/mol. The van der Waals surface area contributed by atoms with E-state index in [0.29, 0.717) is 28.2 Å². The maximum atomic E-state index is 13.4. The first-order valence-corrected chi connectivity index (χ1v) is 9.98. The first-order chi connectivity index (χ1) is 14.4. The number of aromatic nitrogens is 2. The number of nitrogens with zero attached hydrogens (tertiary/aromatic N) is 2. The van der Waals surface area contributed by atoms with Crippen LogP contribution < -0.4 is 16.6 Å². The number of allylic oxidation sites excluding steroid dienone is 1. The first-order valence-electron chi connectivity index (χ1n) is 9.98. The molecule has 0 fully saturated rings.